The molecule has 0 aliphatic heterocycles. The van der Waals surface area contributed by atoms with E-state index in [0.29, 0.717) is 10.0 Å². The van der Waals surface area contributed by atoms with Crippen LogP contribution in [0.15, 0.2) is 18.2 Å². The van der Waals surface area contributed by atoms with Gasteiger partial charge >= 0.3 is 0 Å². The van der Waals surface area contributed by atoms with Gasteiger partial charge in [-0.15, -0.1) is 0 Å². The summed E-state index contributed by atoms with van der Waals surface area (Å²) in [7, 11) is 0. The molecule has 0 aromatic heterocycles. The summed E-state index contributed by atoms with van der Waals surface area (Å²) in [6.45, 7) is 6.23. The van der Waals surface area contributed by atoms with E-state index in [4.69, 9.17) is 28.9 Å². The van der Waals surface area contributed by atoms with Gasteiger partial charge < -0.3 is 5.73 Å². The maximum atomic E-state index is 6.10. The third-order valence-corrected chi connectivity index (χ3v) is 3.08. The third-order valence-electron chi connectivity index (χ3n) is 2.25. The summed E-state index contributed by atoms with van der Waals surface area (Å²) in [5, 5.41) is 1.13. The predicted octanol–water partition coefficient (Wildman–Crippen LogP) is 4.04. The standard InChI is InChI=1S/C11H15Cl2N/c1-11(2,3)10(14)7-5-4-6-8(12)9(7)13/h4-6,10H,14H2,1-3H3/t10-/m0/s1. The van der Waals surface area contributed by atoms with Crippen molar-refractivity contribution >= 4 is 23.2 Å². The fourth-order valence-corrected chi connectivity index (χ4v) is 1.65. The zero-order chi connectivity index (χ0) is 10.9. The maximum Gasteiger partial charge on any atom is 0.0640 e. The van der Waals surface area contributed by atoms with Crippen LogP contribution in [0.1, 0.15) is 32.4 Å². The lowest BCUT2D eigenvalue weighted by Gasteiger charge is -2.28. The molecule has 1 rings (SSSR count). The van der Waals surface area contributed by atoms with Crippen LogP contribution in [0.25, 0.3) is 0 Å². The second-order valence-electron chi connectivity index (χ2n) is 4.49. The van der Waals surface area contributed by atoms with Crippen LogP contribution in [-0.2, 0) is 0 Å². The number of hydrogen-bond acceptors (Lipinski definition) is 1. The Morgan fingerprint density at radius 2 is 1.79 bits per heavy atom. The molecule has 14 heavy (non-hydrogen) atoms. The van der Waals surface area contributed by atoms with Crippen LogP contribution in [-0.4, -0.2) is 0 Å². The zero-order valence-electron chi connectivity index (χ0n) is 8.64. The highest BCUT2D eigenvalue weighted by molar-refractivity contribution is 6.42. The van der Waals surface area contributed by atoms with E-state index in [0.717, 1.165) is 5.56 Å². The highest BCUT2D eigenvalue weighted by Crippen LogP contribution is 2.36. The smallest absolute Gasteiger partial charge is 0.0640 e. The molecule has 0 aliphatic rings. The van der Waals surface area contributed by atoms with Gasteiger partial charge in [0.2, 0.25) is 0 Å². The molecular weight excluding hydrogens is 217 g/mol. The van der Waals surface area contributed by atoms with Gasteiger partial charge in [-0.25, -0.2) is 0 Å². The van der Waals surface area contributed by atoms with Gasteiger partial charge in [0.1, 0.15) is 0 Å². The number of rotatable bonds is 1. The minimum absolute atomic E-state index is 0.0195. The van der Waals surface area contributed by atoms with Crippen LogP contribution < -0.4 is 5.73 Å². The van der Waals surface area contributed by atoms with E-state index in [1.54, 1.807) is 6.07 Å². The van der Waals surface area contributed by atoms with E-state index < -0.39 is 0 Å². The van der Waals surface area contributed by atoms with Crippen molar-refractivity contribution in [3.05, 3.63) is 33.8 Å². The molecule has 1 nitrogen and oxygen atoms in total. The maximum absolute atomic E-state index is 6.10. The monoisotopic (exact) mass is 231 g/mol. The Hall–Kier alpha value is -0.240. The van der Waals surface area contributed by atoms with Crippen molar-refractivity contribution in [2.45, 2.75) is 26.8 Å². The molecule has 0 fully saturated rings. The summed E-state index contributed by atoms with van der Waals surface area (Å²) < 4.78 is 0. The molecule has 0 saturated heterocycles. The summed E-state index contributed by atoms with van der Waals surface area (Å²) in [6, 6.07) is 5.45. The van der Waals surface area contributed by atoms with Gasteiger partial charge in [-0.3, -0.25) is 0 Å². The van der Waals surface area contributed by atoms with Crippen LogP contribution in [0.4, 0.5) is 0 Å². The fraction of sp³-hybridized carbons (Fsp3) is 0.455. The Kier molecular flexibility index (Phi) is 3.46. The lowest BCUT2D eigenvalue weighted by Crippen LogP contribution is -2.26. The molecule has 78 valence electrons. The molecule has 1 atom stereocenters. The summed E-state index contributed by atoms with van der Waals surface area (Å²) in [4.78, 5) is 0. The Labute approximate surface area is 95.2 Å². The molecule has 1 aromatic rings. The number of hydrogen-bond donors (Lipinski definition) is 1. The molecule has 0 heterocycles. The molecular formula is C11H15Cl2N. The van der Waals surface area contributed by atoms with Crippen LogP contribution in [0.3, 0.4) is 0 Å². The van der Waals surface area contributed by atoms with Crippen LogP contribution in [0.5, 0.6) is 0 Å². The van der Waals surface area contributed by atoms with E-state index in [1.165, 1.54) is 0 Å². The number of halogens is 2. The Morgan fingerprint density at radius 3 is 2.29 bits per heavy atom. The summed E-state index contributed by atoms with van der Waals surface area (Å²) in [5.74, 6) is 0. The van der Waals surface area contributed by atoms with E-state index in [9.17, 15) is 0 Å². The van der Waals surface area contributed by atoms with E-state index in [1.807, 2.05) is 12.1 Å². The second-order valence-corrected chi connectivity index (χ2v) is 5.27. The van der Waals surface area contributed by atoms with E-state index in [-0.39, 0.29) is 11.5 Å². The van der Waals surface area contributed by atoms with Crippen molar-refractivity contribution < 1.29 is 0 Å². The largest absolute Gasteiger partial charge is 0.323 e. The molecule has 2 N–H and O–H groups in total. The average Bonchev–Trinajstić information content (AvgIpc) is 2.07. The number of nitrogens with two attached hydrogens (primary N) is 1. The van der Waals surface area contributed by atoms with Crippen molar-refractivity contribution in [1.82, 2.24) is 0 Å². The van der Waals surface area contributed by atoms with Gasteiger partial charge in [-0.1, -0.05) is 56.1 Å². The normalized spacial score (nSPS) is 14.1. The molecule has 0 unspecified atom stereocenters. The summed E-state index contributed by atoms with van der Waals surface area (Å²) in [5.41, 5.74) is 6.99. The first-order valence-electron chi connectivity index (χ1n) is 4.53. The lowest BCUT2D eigenvalue weighted by atomic mass is 9.83. The van der Waals surface area contributed by atoms with Gasteiger partial charge in [-0.2, -0.15) is 0 Å². The Balaban J connectivity index is 3.14. The quantitative estimate of drug-likeness (QED) is 0.776. The SMILES string of the molecule is CC(C)(C)[C@@H](N)c1cccc(Cl)c1Cl. The first-order chi connectivity index (χ1) is 6.34. The van der Waals surface area contributed by atoms with Gasteiger partial charge in [-0.05, 0) is 17.0 Å². The minimum Gasteiger partial charge on any atom is -0.323 e. The molecule has 0 saturated carbocycles. The fourth-order valence-electron chi connectivity index (χ4n) is 1.23. The minimum atomic E-state index is -0.103. The van der Waals surface area contributed by atoms with Gasteiger partial charge in [0.25, 0.3) is 0 Å². The topological polar surface area (TPSA) is 26.0 Å². The molecule has 0 bridgehead atoms. The molecule has 0 spiro atoms. The molecule has 0 aliphatic carbocycles. The molecule has 1 aromatic carbocycles. The van der Waals surface area contributed by atoms with Crippen LogP contribution in [0, 0.1) is 5.41 Å². The number of benzene rings is 1. The first kappa shape index (κ1) is 11.8. The van der Waals surface area contributed by atoms with E-state index in [2.05, 4.69) is 20.8 Å². The molecule has 3 heteroatoms. The first-order valence-corrected chi connectivity index (χ1v) is 5.29. The van der Waals surface area contributed by atoms with Crippen molar-refractivity contribution in [3.8, 4) is 0 Å². The summed E-state index contributed by atoms with van der Waals surface area (Å²) >= 11 is 12.0. The van der Waals surface area contributed by atoms with Crippen LogP contribution in [0.2, 0.25) is 10.0 Å². The molecule has 0 amide bonds. The predicted molar refractivity (Wildman–Crippen MR) is 62.8 cm³/mol. The van der Waals surface area contributed by atoms with Gasteiger partial charge in [0, 0.05) is 6.04 Å². The average molecular weight is 232 g/mol. The molecule has 0 radical (unpaired) electrons. The van der Waals surface area contributed by atoms with Crippen molar-refractivity contribution in [2.24, 2.45) is 11.1 Å². The van der Waals surface area contributed by atoms with Crippen LogP contribution >= 0.6 is 23.2 Å². The summed E-state index contributed by atoms with van der Waals surface area (Å²) in [6.07, 6.45) is 0. The third kappa shape index (κ3) is 2.41. The van der Waals surface area contributed by atoms with Gasteiger partial charge in [0.05, 0.1) is 10.0 Å². The van der Waals surface area contributed by atoms with E-state index >= 15 is 0 Å². The Bertz CT molecular complexity index is 329. The Morgan fingerprint density at radius 1 is 1.21 bits per heavy atom. The van der Waals surface area contributed by atoms with Crippen molar-refractivity contribution in [3.63, 3.8) is 0 Å². The lowest BCUT2D eigenvalue weighted by molar-refractivity contribution is 0.327. The van der Waals surface area contributed by atoms with Crippen molar-refractivity contribution in [1.29, 1.82) is 0 Å². The van der Waals surface area contributed by atoms with Gasteiger partial charge in [0.15, 0.2) is 0 Å². The highest BCUT2D eigenvalue weighted by Gasteiger charge is 2.24. The highest BCUT2D eigenvalue weighted by atomic mass is 35.5. The van der Waals surface area contributed by atoms with Crippen molar-refractivity contribution in [2.75, 3.05) is 0 Å². The zero-order valence-corrected chi connectivity index (χ0v) is 10.2. The second kappa shape index (κ2) is 4.09.